The van der Waals surface area contributed by atoms with Crippen molar-refractivity contribution in [3.05, 3.63) is 0 Å². The summed E-state index contributed by atoms with van der Waals surface area (Å²) >= 11 is 0. The van der Waals surface area contributed by atoms with Crippen LogP contribution >= 0.6 is 0 Å². The van der Waals surface area contributed by atoms with Crippen molar-refractivity contribution in [3.8, 4) is 0 Å². The molecular formula is C12H26N2O. The zero-order valence-electron chi connectivity index (χ0n) is 10.5. The number of rotatable bonds is 7. The Hall–Kier alpha value is -0.120. The summed E-state index contributed by atoms with van der Waals surface area (Å²) in [4.78, 5) is 2.52. The van der Waals surface area contributed by atoms with Crippen LogP contribution in [0.2, 0.25) is 0 Å². The van der Waals surface area contributed by atoms with Crippen molar-refractivity contribution in [2.45, 2.75) is 33.3 Å². The number of nitrogens with zero attached hydrogens (tertiary/aromatic N) is 1. The molecule has 1 rings (SSSR count). The van der Waals surface area contributed by atoms with Gasteiger partial charge in [-0.2, -0.15) is 0 Å². The topological polar surface area (TPSA) is 24.5 Å². The Kier molecular flexibility index (Phi) is 6.22. The van der Waals surface area contributed by atoms with Gasteiger partial charge in [0.25, 0.3) is 0 Å². The van der Waals surface area contributed by atoms with Crippen LogP contribution in [-0.4, -0.2) is 50.3 Å². The highest BCUT2D eigenvalue weighted by Crippen LogP contribution is 2.14. The van der Waals surface area contributed by atoms with Crippen LogP contribution in [-0.2, 0) is 4.74 Å². The van der Waals surface area contributed by atoms with E-state index in [1.54, 1.807) is 0 Å². The summed E-state index contributed by atoms with van der Waals surface area (Å²) in [5.41, 5.74) is 0. The molecule has 1 atom stereocenters. The third kappa shape index (κ3) is 5.50. The molecule has 0 spiro atoms. The standard InChI is InChI=1S/C12H26N2O/c1-4-13-9-12-5-6-14(10-12)7-8-15-11(2)3/h11-13H,4-10H2,1-3H3. The van der Waals surface area contributed by atoms with Crippen molar-refractivity contribution in [2.75, 3.05) is 39.3 Å². The van der Waals surface area contributed by atoms with E-state index in [1.807, 2.05) is 0 Å². The maximum Gasteiger partial charge on any atom is 0.0596 e. The zero-order valence-corrected chi connectivity index (χ0v) is 10.5. The predicted octanol–water partition coefficient (Wildman–Crippen LogP) is 1.34. The Morgan fingerprint density at radius 3 is 2.93 bits per heavy atom. The van der Waals surface area contributed by atoms with Crippen LogP contribution in [0.3, 0.4) is 0 Å². The van der Waals surface area contributed by atoms with E-state index in [9.17, 15) is 0 Å². The molecule has 1 heterocycles. The average Bonchev–Trinajstić information content (AvgIpc) is 2.62. The van der Waals surface area contributed by atoms with Crippen molar-refractivity contribution in [2.24, 2.45) is 5.92 Å². The molecule has 0 aliphatic carbocycles. The van der Waals surface area contributed by atoms with Crippen LogP contribution in [0.25, 0.3) is 0 Å². The minimum absolute atomic E-state index is 0.366. The molecule has 0 aromatic heterocycles. The summed E-state index contributed by atoms with van der Waals surface area (Å²) in [5.74, 6) is 0.851. The zero-order chi connectivity index (χ0) is 11.1. The van der Waals surface area contributed by atoms with Gasteiger partial charge in [0, 0.05) is 13.1 Å². The second kappa shape index (κ2) is 7.20. The lowest BCUT2D eigenvalue weighted by Gasteiger charge is -2.17. The van der Waals surface area contributed by atoms with Crippen LogP contribution < -0.4 is 5.32 Å². The average molecular weight is 214 g/mol. The van der Waals surface area contributed by atoms with Crippen LogP contribution in [0.4, 0.5) is 0 Å². The summed E-state index contributed by atoms with van der Waals surface area (Å²) < 4.78 is 5.56. The molecule has 1 unspecified atom stereocenters. The van der Waals surface area contributed by atoms with Crippen molar-refractivity contribution in [1.29, 1.82) is 0 Å². The van der Waals surface area contributed by atoms with E-state index in [4.69, 9.17) is 4.74 Å². The van der Waals surface area contributed by atoms with E-state index >= 15 is 0 Å². The van der Waals surface area contributed by atoms with E-state index in [-0.39, 0.29) is 0 Å². The summed E-state index contributed by atoms with van der Waals surface area (Å²) in [6.45, 7) is 13.1. The molecule has 0 saturated carbocycles. The first-order valence-corrected chi connectivity index (χ1v) is 6.27. The van der Waals surface area contributed by atoms with E-state index in [2.05, 4.69) is 31.0 Å². The van der Waals surface area contributed by atoms with Gasteiger partial charge in [0.05, 0.1) is 12.7 Å². The lowest BCUT2D eigenvalue weighted by molar-refractivity contribution is 0.0629. The van der Waals surface area contributed by atoms with Gasteiger partial charge in [0.15, 0.2) is 0 Å². The number of ether oxygens (including phenoxy) is 1. The fourth-order valence-corrected chi connectivity index (χ4v) is 2.05. The maximum atomic E-state index is 5.56. The lowest BCUT2D eigenvalue weighted by Crippen LogP contribution is -2.29. The molecule has 1 saturated heterocycles. The van der Waals surface area contributed by atoms with E-state index in [0.717, 1.165) is 25.6 Å². The molecule has 3 heteroatoms. The summed E-state index contributed by atoms with van der Waals surface area (Å²) in [6.07, 6.45) is 1.71. The van der Waals surface area contributed by atoms with Gasteiger partial charge in [-0.05, 0) is 45.8 Å². The monoisotopic (exact) mass is 214 g/mol. The second-order valence-electron chi connectivity index (χ2n) is 4.68. The Morgan fingerprint density at radius 2 is 2.27 bits per heavy atom. The third-order valence-electron chi connectivity index (χ3n) is 2.91. The van der Waals surface area contributed by atoms with Gasteiger partial charge in [-0.3, -0.25) is 0 Å². The second-order valence-corrected chi connectivity index (χ2v) is 4.68. The lowest BCUT2D eigenvalue weighted by atomic mass is 10.1. The number of hydrogen-bond donors (Lipinski definition) is 1. The van der Waals surface area contributed by atoms with Crippen LogP contribution in [0.5, 0.6) is 0 Å². The third-order valence-corrected chi connectivity index (χ3v) is 2.91. The fraction of sp³-hybridized carbons (Fsp3) is 1.00. The molecule has 1 aliphatic rings. The Bertz CT molecular complexity index is 162. The quantitative estimate of drug-likeness (QED) is 0.692. The minimum Gasteiger partial charge on any atom is -0.377 e. The molecular weight excluding hydrogens is 188 g/mol. The molecule has 15 heavy (non-hydrogen) atoms. The molecule has 3 nitrogen and oxygen atoms in total. The molecule has 0 aromatic rings. The molecule has 1 aliphatic heterocycles. The molecule has 0 amide bonds. The molecule has 0 aromatic carbocycles. The van der Waals surface area contributed by atoms with Gasteiger partial charge in [-0.15, -0.1) is 0 Å². The summed E-state index contributed by atoms with van der Waals surface area (Å²) in [5, 5.41) is 3.43. The van der Waals surface area contributed by atoms with Gasteiger partial charge in [-0.25, -0.2) is 0 Å². The summed E-state index contributed by atoms with van der Waals surface area (Å²) in [6, 6.07) is 0. The first-order valence-electron chi connectivity index (χ1n) is 6.27. The van der Waals surface area contributed by atoms with Crippen molar-refractivity contribution < 1.29 is 4.74 Å². The molecule has 0 radical (unpaired) electrons. The normalized spacial score (nSPS) is 22.8. The largest absolute Gasteiger partial charge is 0.377 e. The first kappa shape index (κ1) is 12.9. The van der Waals surface area contributed by atoms with Gasteiger partial charge < -0.3 is 15.0 Å². The van der Waals surface area contributed by atoms with Gasteiger partial charge in [0.2, 0.25) is 0 Å². The SMILES string of the molecule is CCNCC1CCN(CCOC(C)C)C1. The Morgan fingerprint density at radius 1 is 1.47 bits per heavy atom. The maximum absolute atomic E-state index is 5.56. The van der Waals surface area contributed by atoms with Crippen LogP contribution in [0.1, 0.15) is 27.2 Å². The smallest absolute Gasteiger partial charge is 0.0596 e. The molecule has 90 valence electrons. The molecule has 1 fully saturated rings. The number of likely N-dealkylation sites (tertiary alicyclic amines) is 1. The highest BCUT2D eigenvalue weighted by atomic mass is 16.5. The van der Waals surface area contributed by atoms with Crippen molar-refractivity contribution in [3.63, 3.8) is 0 Å². The highest BCUT2D eigenvalue weighted by molar-refractivity contribution is 4.76. The van der Waals surface area contributed by atoms with Crippen LogP contribution in [0.15, 0.2) is 0 Å². The molecule has 0 bridgehead atoms. The van der Waals surface area contributed by atoms with Gasteiger partial charge >= 0.3 is 0 Å². The number of nitrogens with one attached hydrogen (secondary N) is 1. The number of hydrogen-bond acceptors (Lipinski definition) is 3. The first-order chi connectivity index (χ1) is 7.22. The Labute approximate surface area is 94.2 Å². The highest BCUT2D eigenvalue weighted by Gasteiger charge is 2.21. The van der Waals surface area contributed by atoms with E-state index < -0.39 is 0 Å². The fourth-order valence-electron chi connectivity index (χ4n) is 2.05. The van der Waals surface area contributed by atoms with E-state index in [0.29, 0.717) is 6.10 Å². The predicted molar refractivity (Wildman–Crippen MR) is 64.2 cm³/mol. The summed E-state index contributed by atoms with van der Waals surface area (Å²) in [7, 11) is 0. The van der Waals surface area contributed by atoms with Gasteiger partial charge in [-0.1, -0.05) is 6.92 Å². The Balaban J connectivity index is 2.03. The molecule has 1 N–H and O–H groups in total. The van der Waals surface area contributed by atoms with Crippen molar-refractivity contribution >= 4 is 0 Å². The van der Waals surface area contributed by atoms with E-state index in [1.165, 1.54) is 26.1 Å². The van der Waals surface area contributed by atoms with Crippen molar-refractivity contribution in [1.82, 2.24) is 10.2 Å². The van der Waals surface area contributed by atoms with Gasteiger partial charge in [0.1, 0.15) is 0 Å². The van der Waals surface area contributed by atoms with Crippen LogP contribution in [0, 0.1) is 5.92 Å². The minimum atomic E-state index is 0.366.